The van der Waals surface area contributed by atoms with Crippen molar-refractivity contribution in [3.8, 4) is 11.5 Å². The van der Waals surface area contributed by atoms with E-state index < -0.39 is 18.0 Å². The van der Waals surface area contributed by atoms with Gasteiger partial charge >= 0.3 is 5.97 Å². The number of ether oxygens (including phenoxy) is 3. The summed E-state index contributed by atoms with van der Waals surface area (Å²) >= 11 is 0. The Balaban J connectivity index is 1.65. The summed E-state index contributed by atoms with van der Waals surface area (Å²) in [4.78, 5) is 24.5. The molecule has 0 unspecified atom stereocenters. The summed E-state index contributed by atoms with van der Waals surface area (Å²) in [5.41, 5.74) is 1.07. The lowest BCUT2D eigenvalue weighted by Crippen LogP contribution is -2.29. The van der Waals surface area contributed by atoms with E-state index in [9.17, 15) is 9.59 Å². The maximum absolute atomic E-state index is 12.3. The lowest BCUT2D eigenvalue weighted by atomic mass is 10.2. The Kier molecular flexibility index (Phi) is 5.30. The third-order valence-corrected chi connectivity index (χ3v) is 3.93. The summed E-state index contributed by atoms with van der Waals surface area (Å²) in [5.74, 6) is -0.128. The van der Waals surface area contributed by atoms with Gasteiger partial charge in [-0.3, -0.25) is 4.79 Å². The lowest BCUT2D eigenvalue weighted by Gasteiger charge is -2.14. The van der Waals surface area contributed by atoms with E-state index in [0.717, 1.165) is 5.39 Å². The van der Waals surface area contributed by atoms with Gasteiger partial charge in [-0.15, -0.1) is 0 Å². The molecule has 140 valence electrons. The average Bonchev–Trinajstić information content (AvgIpc) is 3.12. The van der Waals surface area contributed by atoms with Gasteiger partial charge in [0, 0.05) is 17.1 Å². The second-order valence-corrected chi connectivity index (χ2v) is 5.76. The van der Waals surface area contributed by atoms with Crippen molar-refractivity contribution >= 4 is 28.5 Å². The molecule has 0 radical (unpaired) electrons. The highest BCUT2D eigenvalue weighted by molar-refractivity contribution is 5.98. The largest absolute Gasteiger partial charge is 0.493 e. The number of rotatable bonds is 6. The zero-order valence-electron chi connectivity index (χ0n) is 15.1. The third kappa shape index (κ3) is 4.03. The van der Waals surface area contributed by atoms with E-state index in [0.29, 0.717) is 22.8 Å². The monoisotopic (exact) mass is 369 g/mol. The zero-order chi connectivity index (χ0) is 19.4. The molecule has 3 aromatic rings. The number of fused-ring (bicyclic) bond motifs is 1. The average molecular weight is 369 g/mol. The highest BCUT2D eigenvalue weighted by atomic mass is 16.6. The highest BCUT2D eigenvalue weighted by Gasteiger charge is 2.22. The number of esters is 1. The summed E-state index contributed by atoms with van der Waals surface area (Å²) in [7, 11) is 3.02. The van der Waals surface area contributed by atoms with Gasteiger partial charge in [0.2, 0.25) is 5.76 Å². The summed E-state index contributed by atoms with van der Waals surface area (Å²) < 4.78 is 21.0. The number of benzene rings is 2. The fourth-order valence-corrected chi connectivity index (χ4v) is 2.51. The fourth-order valence-electron chi connectivity index (χ4n) is 2.51. The molecule has 0 aliphatic carbocycles. The summed E-state index contributed by atoms with van der Waals surface area (Å²) in [6.45, 7) is 1.48. The van der Waals surface area contributed by atoms with E-state index in [1.165, 1.54) is 21.1 Å². The molecule has 7 nitrogen and oxygen atoms in total. The van der Waals surface area contributed by atoms with E-state index in [4.69, 9.17) is 18.6 Å². The summed E-state index contributed by atoms with van der Waals surface area (Å²) in [6.07, 6.45) is -1.01. The Morgan fingerprint density at radius 1 is 1.00 bits per heavy atom. The van der Waals surface area contributed by atoms with Crippen molar-refractivity contribution in [3.05, 3.63) is 54.3 Å². The first kappa shape index (κ1) is 18.3. The Bertz CT molecular complexity index is 945. The van der Waals surface area contributed by atoms with E-state index in [1.807, 2.05) is 12.1 Å². The van der Waals surface area contributed by atoms with E-state index in [-0.39, 0.29) is 5.76 Å². The van der Waals surface area contributed by atoms with E-state index >= 15 is 0 Å². The molecule has 2 aromatic carbocycles. The van der Waals surface area contributed by atoms with Gasteiger partial charge in [-0.25, -0.2) is 4.79 Å². The van der Waals surface area contributed by atoms with Crippen molar-refractivity contribution in [1.29, 1.82) is 0 Å². The molecule has 1 N–H and O–H groups in total. The van der Waals surface area contributed by atoms with Gasteiger partial charge in [-0.2, -0.15) is 0 Å². The number of anilines is 1. The summed E-state index contributed by atoms with van der Waals surface area (Å²) in [6, 6.07) is 13.7. The molecule has 0 aliphatic heterocycles. The van der Waals surface area contributed by atoms with Crippen molar-refractivity contribution < 1.29 is 28.2 Å². The first-order chi connectivity index (χ1) is 13.0. The van der Waals surface area contributed by atoms with Gasteiger partial charge in [0.15, 0.2) is 17.6 Å². The van der Waals surface area contributed by atoms with E-state index in [1.54, 1.807) is 36.4 Å². The van der Waals surface area contributed by atoms with Crippen LogP contribution < -0.4 is 14.8 Å². The molecular formula is C20H19NO6. The van der Waals surface area contributed by atoms with E-state index in [2.05, 4.69) is 5.32 Å². The van der Waals surface area contributed by atoms with Gasteiger partial charge in [-0.1, -0.05) is 18.2 Å². The molecule has 3 rings (SSSR count). The molecule has 0 spiro atoms. The van der Waals surface area contributed by atoms with Crippen LogP contribution in [0, 0.1) is 0 Å². The van der Waals surface area contributed by atoms with Gasteiger partial charge in [0.1, 0.15) is 5.58 Å². The quantitative estimate of drug-likeness (QED) is 0.668. The van der Waals surface area contributed by atoms with Crippen LogP contribution in [0.3, 0.4) is 0 Å². The van der Waals surface area contributed by atoms with Crippen LogP contribution in [0.4, 0.5) is 5.69 Å². The number of methoxy groups -OCH3 is 2. The van der Waals surface area contributed by atoms with Crippen molar-refractivity contribution in [2.75, 3.05) is 19.5 Å². The fraction of sp³-hybridized carbons (Fsp3) is 0.200. The molecule has 27 heavy (non-hydrogen) atoms. The first-order valence-electron chi connectivity index (χ1n) is 8.24. The topological polar surface area (TPSA) is 87.0 Å². The number of carbonyl (C=O) groups excluding carboxylic acids is 2. The van der Waals surface area contributed by atoms with Crippen molar-refractivity contribution in [2.24, 2.45) is 0 Å². The van der Waals surface area contributed by atoms with Crippen molar-refractivity contribution in [1.82, 2.24) is 0 Å². The minimum atomic E-state index is -1.01. The molecule has 0 bridgehead atoms. The number of hydrogen-bond acceptors (Lipinski definition) is 6. The number of furan rings is 1. The molecule has 1 heterocycles. The Hall–Kier alpha value is -3.48. The Labute approximate surface area is 155 Å². The minimum absolute atomic E-state index is 0.0435. The van der Waals surface area contributed by atoms with Crippen LogP contribution in [0.2, 0.25) is 0 Å². The van der Waals surface area contributed by atoms with Crippen LogP contribution in [0.25, 0.3) is 11.0 Å². The minimum Gasteiger partial charge on any atom is -0.493 e. The van der Waals surface area contributed by atoms with Gasteiger partial charge in [0.05, 0.1) is 14.2 Å². The molecule has 0 aliphatic rings. The van der Waals surface area contributed by atoms with Crippen LogP contribution in [-0.2, 0) is 9.53 Å². The summed E-state index contributed by atoms with van der Waals surface area (Å²) in [5, 5.41) is 3.45. The number of nitrogens with one attached hydrogen (secondary N) is 1. The van der Waals surface area contributed by atoms with Crippen molar-refractivity contribution in [3.63, 3.8) is 0 Å². The predicted molar refractivity (Wildman–Crippen MR) is 99.3 cm³/mol. The molecule has 1 aromatic heterocycles. The van der Waals surface area contributed by atoms with Gasteiger partial charge in [0.25, 0.3) is 5.91 Å². The molecule has 7 heteroatoms. The second kappa shape index (κ2) is 7.82. The Morgan fingerprint density at radius 3 is 2.44 bits per heavy atom. The SMILES string of the molecule is COc1ccc(NC(=O)[C@@H](C)OC(=O)c2cc3ccccc3o2)cc1OC. The standard InChI is InChI=1S/C20H19NO6/c1-12(19(22)21-14-8-9-16(24-2)17(11-14)25-3)26-20(23)18-10-13-6-4-5-7-15(13)27-18/h4-12H,1-3H3,(H,21,22)/t12-/m1/s1. The number of hydrogen-bond donors (Lipinski definition) is 1. The molecule has 0 fully saturated rings. The second-order valence-electron chi connectivity index (χ2n) is 5.76. The van der Waals surface area contributed by atoms with Crippen LogP contribution in [-0.4, -0.2) is 32.2 Å². The predicted octanol–water partition coefficient (Wildman–Crippen LogP) is 3.63. The molecule has 0 saturated heterocycles. The lowest BCUT2D eigenvalue weighted by molar-refractivity contribution is -0.123. The molecular weight excluding hydrogens is 350 g/mol. The number of amides is 1. The van der Waals surface area contributed by atoms with Crippen molar-refractivity contribution in [2.45, 2.75) is 13.0 Å². The molecule has 0 saturated carbocycles. The number of para-hydroxylation sites is 1. The van der Waals surface area contributed by atoms with Crippen LogP contribution in [0.1, 0.15) is 17.5 Å². The maximum Gasteiger partial charge on any atom is 0.375 e. The molecule has 1 atom stereocenters. The smallest absolute Gasteiger partial charge is 0.375 e. The van der Waals surface area contributed by atoms with Crippen LogP contribution in [0.5, 0.6) is 11.5 Å². The first-order valence-corrected chi connectivity index (χ1v) is 8.24. The van der Waals surface area contributed by atoms with Crippen LogP contribution in [0.15, 0.2) is 52.9 Å². The van der Waals surface area contributed by atoms with Gasteiger partial charge in [-0.05, 0) is 31.2 Å². The maximum atomic E-state index is 12.3. The van der Waals surface area contributed by atoms with Gasteiger partial charge < -0.3 is 23.9 Å². The zero-order valence-corrected chi connectivity index (χ0v) is 15.1. The number of carbonyl (C=O) groups is 2. The van der Waals surface area contributed by atoms with Crippen LogP contribution >= 0.6 is 0 Å². The molecule has 1 amide bonds. The normalized spacial score (nSPS) is 11.7. The highest BCUT2D eigenvalue weighted by Crippen LogP contribution is 2.29. The Morgan fingerprint density at radius 2 is 1.74 bits per heavy atom. The third-order valence-electron chi connectivity index (χ3n) is 3.93.